The van der Waals surface area contributed by atoms with Gasteiger partial charge in [0.25, 0.3) is 6.64 Å². The Morgan fingerprint density at radius 3 is 2.21 bits per heavy atom. The van der Waals surface area contributed by atoms with Crippen molar-refractivity contribution in [3.8, 4) is 0 Å². The molecule has 0 fully saturated rings. The number of rotatable bonds is 6. The zero-order valence-corrected chi connectivity index (χ0v) is 16.8. The standard InChI is InChI=1S/C17H23N2O2PS2/c1-11(2)20-22(24,21-12(3)4)19-17(23)15-10-9-13-7-5-6-8-14(13)16(15)18/h5-12H,18H2,1-4H3,(H,19,23,24). The molecule has 4 nitrogen and oxygen atoms in total. The molecule has 0 saturated carbocycles. The molecular formula is C17H23N2O2PS2. The summed E-state index contributed by atoms with van der Waals surface area (Å²) in [6, 6.07) is 11.8. The van der Waals surface area contributed by atoms with E-state index < -0.39 is 6.64 Å². The van der Waals surface area contributed by atoms with Crippen molar-refractivity contribution >= 4 is 52.1 Å². The minimum atomic E-state index is -2.75. The van der Waals surface area contributed by atoms with Crippen molar-refractivity contribution in [1.29, 1.82) is 0 Å². The van der Waals surface area contributed by atoms with Crippen LogP contribution >= 0.6 is 18.9 Å². The number of hydrogen-bond donors (Lipinski definition) is 2. The van der Waals surface area contributed by atoms with E-state index in [1.54, 1.807) is 0 Å². The fraction of sp³-hybridized carbons (Fsp3) is 0.353. The molecular weight excluding hydrogens is 359 g/mol. The van der Waals surface area contributed by atoms with Gasteiger partial charge in [-0.05, 0) is 51.0 Å². The third-order valence-corrected chi connectivity index (χ3v) is 6.31. The summed E-state index contributed by atoms with van der Waals surface area (Å²) in [5, 5.41) is 5.14. The van der Waals surface area contributed by atoms with Crippen LogP contribution in [0.25, 0.3) is 10.8 Å². The molecule has 0 aliphatic carbocycles. The monoisotopic (exact) mass is 382 g/mol. The Balaban J connectivity index is 2.33. The summed E-state index contributed by atoms with van der Waals surface area (Å²) in [6.07, 6.45) is -0.141. The molecule has 0 aromatic heterocycles. The third-order valence-electron chi connectivity index (χ3n) is 3.15. The van der Waals surface area contributed by atoms with Gasteiger partial charge >= 0.3 is 0 Å². The molecule has 2 aromatic rings. The maximum Gasteiger partial charge on any atom is 0.288 e. The second-order valence-corrected chi connectivity index (χ2v) is 9.49. The summed E-state index contributed by atoms with van der Waals surface area (Å²) in [5.41, 5.74) is 7.67. The van der Waals surface area contributed by atoms with E-state index >= 15 is 0 Å². The van der Waals surface area contributed by atoms with Gasteiger partial charge in [-0.3, -0.25) is 0 Å². The first kappa shape index (κ1) is 19.3. The number of thiocarbonyl (C=S) groups is 1. The molecule has 0 unspecified atom stereocenters. The van der Waals surface area contributed by atoms with Gasteiger partial charge in [0, 0.05) is 16.6 Å². The molecule has 130 valence electrons. The molecule has 7 heteroatoms. The topological polar surface area (TPSA) is 56.5 Å². The van der Waals surface area contributed by atoms with E-state index in [0.29, 0.717) is 10.7 Å². The average Bonchev–Trinajstić information content (AvgIpc) is 2.45. The van der Waals surface area contributed by atoms with Crippen LogP contribution < -0.4 is 10.8 Å². The highest BCUT2D eigenvalue weighted by molar-refractivity contribution is 8.09. The molecule has 0 amide bonds. The van der Waals surface area contributed by atoms with E-state index in [2.05, 4.69) is 5.09 Å². The number of nitrogens with one attached hydrogen (secondary N) is 1. The molecule has 0 spiro atoms. The molecule has 0 bridgehead atoms. The first-order valence-electron chi connectivity index (χ1n) is 7.78. The predicted molar refractivity (Wildman–Crippen MR) is 110 cm³/mol. The van der Waals surface area contributed by atoms with Gasteiger partial charge in [0.05, 0.1) is 12.2 Å². The Bertz CT molecular complexity index is 779. The number of nitrogens with two attached hydrogens (primary N) is 1. The van der Waals surface area contributed by atoms with Crippen molar-refractivity contribution in [3.63, 3.8) is 0 Å². The lowest BCUT2D eigenvalue weighted by atomic mass is 10.0. The van der Waals surface area contributed by atoms with E-state index in [4.69, 9.17) is 38.8 Å². The van der Waals surface area contributed by atoms with Crippen LogP contribution in [-0.4, -0.2) is 17.2 Å². The molecule has 2 aromatic carbocycles. The Morgan fingerprint density at radius 2 is 1.62 bits per heavy atom. The second-order valence-electron chi connectivity index (χ2n) is 5.99. The zero-order chi connectivity index (χ0) is 17.9. The van der Waals surface area contributed by atoms with Crippen molar-refractivity contribution in [2.45, 2.75) is 39.9 Å². The fourth-order valence-corrected chi connectivity index (χ4v) is 5.96. The lowest BCUT2D eigenvalue weighted by molar-refractivity contribution is 0.172. The molecule has 0 radical (unpaired) electrons. The zero-order valence-electron chi connectivity index (χ0n) is 14.3. The highest BCUT2D eigenvalue weighted by atomic mass is 32.5. The smallest absolute Gasteiger partial charge is 0.288 e. The van der Waals surface area contributed by atoms with Crippen molar-refractivity contribution in [1.82, 2.24) is 5.09 Å². The summed E-state index contributed by atoms with van der Waals surface area (Å²) >= 11 is 11.1. The van der Waals surface area contributed by atoms with Crippen LogP contribution in [0, 0.1) is 0 Å². The van der Waals surface area contributed by atoms with Crippen LogP contribution in [0.3, 0.4) is 0 Å². The lowest BCUT2D eigenvalue weighted by Crippen LogP contribution is -2.25. The average molecular weight is 382 g/mol. The summed E-state index contributed by atoms with van der Waals surface area (Å²) in [5.74, 6) is 0. The van der Waals surface area contributed by atoms with E-state index in [-0.39, 0.29) is 12.2 Å². The predicted octanol–water partition coefficient (Wildman–Crippen LogP) is 4.76. The van der Waals surface area contributed by atoms with E-state index in [0.717, 1.165) is 16.3 Å². The molecule has 0 saturated heterocycles. The number of hydrogen-bond acceptors (Lipinski definition) is 5. The highest BCUT2D eigenvalue weighted by Gasteiger charge is 2.25. The van der Waals surface area contributed by atoms with Gasteiger partial charge in [-0.2, -0.15) is 0 Å². The highest BCUT2D eigenvalue weighted by Crippen LogP contribution is 2.47. The van der Waals surface area contributed by atoms with Crippen molar-refractivity contribution in [2.24, 2.45) is 0 Å². The number of anilines is 1. The summed E-state index contributed by atoms with van der Waals surface area (Å²) in [6.45, 7) is 4.92. The van der Waals surface area contributed by atoms with E-state index in [1.165, 1.54) is 0 Å². The van der Waals surface area contributed by atoms with Crippen molar-refractivity contribution < 1.29 is 9.05 Å². The Morgan fingerprint density at radius 1 is 1.04 bits per heavy atom. The van der Waals surface area contributed by atoms with E-state index in [9.17, 15) is 0 Å². The molecule has 0 aliphatic heterocycles. The first-order chi connectivity index (χ1) is 11.2. The summed E-state index contributed by atoms with van der Waals surface area (Å²) in [4.78, 5) is 0.447. The van der Waals surface area contributed by atoms with Gasteiger partial charge in [0.1, 0.15) is 4.99 Å². The Hall–Kier alpha value is -1.04. The fourth-order valence-electron chi connectivity index (χ4n) is 2.31. The minimum absolute atomic E-state index is 0.0705. The minimum Gasteiger partial charge on any atom is -0.398 e. The van der Waals surface area contributed by atoms with Crippen LogP contribution in [0.5, 0.6) is 0 Å². The number of nitrogen functional groups attached to an aromatic ring is 1. The maximum atomic E-state index is 6.31. The molecule has 0 atom stereocenters. The van der Waals surface area contributed by atoms with Gasteiger partial charge in [-0.1, -0.05) is 42.5 Å². The Labute approximate surface area is 153 Å². The van der Waals surface area contributed by atoms with Crippen LogP contribution in [0.1, 0.15) is 33.3 Å². The summed E-state index contributed by atoms with van der Waals surface area (Å²) < 4.78 is 11.7. The number of benzene rings is 2. The lowest BCUT2D eigenvalue weighted by Gasteiger charge is -2.28. The molecule has 0 heterocycles. The van der Waals surface area contributed by atoms with Crippen molar-refractivity contribution in [3.05, 3.63) is 42.0 Å². The van der Waals surface area contributed by atoms with Gasteiger partial charge in [0.15, 0.2) is 0 Å². The van der Waals surface area contributed by atoms with Crippen LogP contribution in [-0.2, 0) is 20.9 Å². The normalized spacial score (nSPS) is 12.1. The second kappa shape index (κ2) is 7.89. The van der Waals surface area contributed by atoms with Gasteiger partial charge in [-0.25, -0.2) is 0 Å². The van der Waals surface area contributed by atoms with Crippen LogP contribution in [0.2, 0.25) is 0 Å². The van der Waals surface area contributed by atoms with Gasteiger partial charge < -0.3 is 19.9 Å². The van der Waals surface area contributed by atoms with E-state index in [1.807, 2.05) is 64.1 Å². The molecule has 0 aliphatic rings. The quantitative estimate of drug-likeness (QED) is 0.427. The SMILES string of the molecule is CC(C)OP(=S)(NC(=S)c1ccc2ccccc2c1N)OC(C)C. The van der Waals surface area contributed by atoms with Crippen LogP contribution in [0.15, 0.2) is 36.4 Å². The first-order valence-corrected chi connectivity index (χ1v) is 10.8. The maximum absolute atomic E-state index is 6.31. The Kier molecular flexibility index (Phi) is 6.34. The van der Waals surface area contributed by atoms with Crippen molar-refractivity contribution in [2.75, 3.05) is 5.73 Å². The van der Waals surface area contributed by atoms with Gasteiger partial charge in [0.2, 0.25) is 0 Å². The third kappa shape index (κ3) is 4.74. The molecule has 2 rings (SSSR count). The molecule has 24 heavy (non-hydrogen) atoms. The summed E-state index contributed by atoms with van der Waals surface area (Å²) in [7, 11) is 0. The van der Waals surface area contributed by atoms with Gasteiger partial charge in [-0.15, -0.1) is 0 Å². The van der Waals surface area contributed by atoms with Crippen LogP contribution in [0.4, 0.5) is 5.69 Å². The number of fused-ring (bicyclic) bond motifs is 1. The largest absolute Gasteiger partial charge is 0.398 e. The molecule has 3 N–H and O–H groups in total.